The van der Waals surface area contributed by atoms with Crippen LogP contribution in [-0.4, -0.2) is 43.6 Å². The van der Waals surface area contributed by atoms with Crippen LogP contribution in [0.25, 0.3) is 0 Å². The minimum absolute atomic E-state index is 0.144. The minimum atomic E-state index is -3.14. The number of hydrogen-bond acceptors (Lipinski definition) is 5. The highest BCUT2D eigenvalue weighted by Gasteiger charge is 2.36. The van der Waals surface area contributed by atoms with E-state index in [2.05, 4.69) is 10.9 Å². The van der Waals surface area contributed by atoms with Gasteiger partial charge < -0.3 is 5.11 Å². The summed E-state index contributed by atoms with van der Waals surface area (Å²) in [7, 11) is -3.14. The number of nitrogens with one attached hydrogen (secondary N) is 2. The van der Waals surface area contributed by atoms with E-state index in [1.165, 1.54) is 0 Å². The molecule has 3 N–H and O–H groups in total. The third kappa shape index (κ3) is 2.16. The largest absolute Gasteiger partial charge is 0.390 e. The van der Waals surface area contributed by atoms with Crippen molar-refractivity contribution < 1.29 is 18.3 Å². The van der Waals surface area contributed by atoms with Crippen LogP contribution in [0, 0.1) is 0 Å². The Morgan fingerprint density at radius 2 is 2.08 bits per heavy atom. The van der Waals surface area contributed by atoms with Crippen LogP contribution >= 0.6 is 0 Å². The van der Waals surface area contributed by atoms with Crippen LogP contribution in [0.5, 0.6) is 0 Å². The predicted molar refractivity (Wildman–Crippen MR) is 40.8 cm³/mol. The molecule has 12 heavy (non-hydrogen) atoms. The molecule has 0 aliphatic carbocycles. The molecule has 1 aliphatic rings. The smallest absolute Gasteiger partial charge is 0.221 e. The average Bonchev–Trinajstić information content (AvgIpc) is 2.20. The average molecular weight is 194 g/mol. The molecule has 2 unspecified atom stereocenters. The van der Waals surface area contributed by atoms with Gasteiger partial charge in [-0.3, -0.25) is 10.2 Å². The van der Waals surface area contributed by atoms with Gasteiger partial charge in [-0.2, -0.15) is 0 Å². The van der Waals surface area contributed by atoms with Crippen molar-refractivity contribution in [2.75, 3.05) is 11.5 Å². The number of amides is 1. The van der Waals surface area contributed by atoms with Gasteiger partial charge in [0.25, 0.3) is 0 Å². The lowest BCUT2D eigenvalue weighted by atomic mass is 10.2. The van der Waals surface area contributed by atoms with Crippen molar-refractivity contribution in [3.63, 3.8) is 0 Å². The summed E-state index contributed by atoms with van der Waals surface area (Å²) in [6.07, 6.45) is -0.556. The minimum Gasteiger partial charge on any atom is -0.390 e. The van der Waals surface area contributed by atoms with Crippen LogP contribution in [0.2, 0.25) is 0 Å². The Morgan fingerprint density at radius 3 is 2.50 bits per heavy atom. The van der Waals surface area contributed by atoms with E-state index >= 15 is 0 Å². The monoisotopic (exact) mass is 194 g/mol. The molecule has 6 nitrogen and oxygen atoms in total. The zero-order valence-electron chi connectivity index (χ0n) is 6.23. The number of rotatable bonds is 3. The van der Waals surface area contributed by atoms with E-state index in [0.717, 1.165) is 0 Å². The number of hydrogen-bond donors (Lipinski definition) is 3. The summed E-state index contributed by atoms with van der Waals surface area (Å²) >= 11 is 0. The highest BCUT2D eigenvalue weighted by Crippen LogP contribution is 2.11. The molecule has 70 valence electrons. The zero-order valence-corrected chi connectivity index (χ0v) is 7.04. The molecule has 0 aromatic rings. The summed E-state index contributed by atoms with van der Waals surface area (Å²) in [6, 6.07) is -0.597. The lowest BCUT2D eigenvalue weighted by Gasteiger charge is -2.12. The van der Waals surface area contributed by atoms with Gasteiger partial charge in [-0.15, -0.1) is 0 Å². The number of aliphatic hydroxyl groups is 1. The van der Waals surface area contributed by atoms with Crippen LogP contribution in [0.1, 0.15) is 0 Å². The zero-order chi connectivity index (χ0) is 9.19. The topological polar surface area (TPSA) is 95.5 Å². The second-order valence-corrected chi connectivity index (χ2v) is 4.81. The van der Waals surface area contributed by atoms with Crippen molar-refractivity contribution in [3.8, 4) is 0 Å². The van der Waals surface area contributed by atoms with Gasteiger partial charge in [0, 0.05) is 0 Å². The van der Waals surface area contributed by atoms with Crippen molar-refractivity contribution in [1.29, 1.82) is 0 Å². The molecule has 1 rings (SSSR count). The fraction of sp³-hybridized carbons (Fsp3) is 0.800. The quantitative estimate of drug-likeness (QED) is 0.338. The SMILES string of the molecule is O=CNNC1CS(=O)(=O)CC1O. The Morgan fingerprint density at radius 1 is 1.42 bits per heavy atom. The first-order valence-corrected chi connectivity index (χ1v) is 5.20. The van der Waals surface area contributed by atoms with E-state index in [0.29, 0.717) is 6.41 Å². The summed E-state index contributed by atoms with van der Waals surface area (Å²) in [5.41, 5.74) is 4.49. The first-order chi connectivity index (χ1) is 5.55. The van der Waals surface area contributed by atoms with Crippen LogP contribution in [-0.2, 0) is 14.6 Å². The summed E-state index contributed by atoms with van der Waals surface area (Å²) in [5.74, 6) is -0.389. The maximum atomic E-state index is 10.9. The number of aliphatic hydroxyl groups excluding tert-OH is 1. The molecular weight excluding hydrogens is 184 g/mol. The molecular formula is C5H10N2O4S. The summed E-state index contributed by atoms with van der Waals surface area (Å²) in [5, 5.41) is 9.15. The van der Waals surface area contributed by atoms with E-state index in [4.69, 9.17) is 5.11 Å². The van der Waals surface area contributed by atoms with Gasteiger partial charge in [0.1, 0.15) is 0 Å². The molecule has 1 saturated heterocycles. The molecule has 0 aromatic heterocycles. The van der Waals surface area contributed by atoms with Crippen molar-refractivity contribution in [1.82, 2.24) is 10.9 Å². The molecule has 2 atom stereocenters. The fourth-order valence-electron chi connectivity index (χ4n) is 1.11. The molecule has 0 saturated carbocycles. The maximum absolute atomic E-state index is 10.9. The third-order valence-electron chi connectivity index (χ3n) is 1.65. The highest BCUT2D eigenvalue weighted by molar-refractivity contribution is 7.91. The number of carbonyl (C=O) groups is 1. The summed E-state index contributed by atoms with van der Waals surface area (Å²) < 4.78 is 21.8. The van der Waals surface area contributed by atoms with Crippen LogP contribution in [0.15, 0.2) is 0 Å². The molecule has 1 fully saturated rings. The predicted octanol–water partition coefficient (Wildman–Crippen LogP) is -2.61. The van der Waals surface area contributed by atoms with Gasteiger partial charge in [0.2, 0.25) is 6.41 Å². The molecule has 0 bridgehead atoms. The standard InChI is InChI=1S/C5H10N2O4S/c8-3-6-7-4-1-12(10,11)2-5(4)9/h3-5,7,9H,1-2H2,(H,6,8). The normalized spacial score (nSPS) is 33.1. The second-order valence-electron chi connectivity index (χ2n) is 2.66. The van der Waals surface area contributed by atoms with Gasteiger partial charge in [-0.05, 0) is 0 Å². The Labute approximate surface area is 69.8 Å². The van der Waals surface area contributed by atoms with Gasteiger partial charge >= 0.3 is 0 Å². The number of sulfone groups is 1. The Bertz CT molecular complexity index is 263. The van der Waals surface area contributed by atoms with E-state index in [-0.39, 0.29) is 11.5 Å². The van der Waals surface area contributed by atoms with Crippen LogP contribution < -0.4 is 10.9 Å². The van der Waals surface area contributed by atoms with Crippen molar-refractivity contribution >= 4 is 16.2 Å². The Balaban J connectivity index is 2.52. The van der Waals surface area contributed by atoms with Gasteiger partial charge in [-0.25, -0.2) is 13.8 Å². The summed E-state index contributed by atoms with van der Waals surface area (Å²) in [4.78, 5) is 9.82. The van der Waals surface area contributed by atoms with Crippen molar-refractivity contribution in [2.24, 2.45) is 0 Å². The third-order valence-corrected chi connectivity index (χ3v) is 3.37. The Hall–Kier alpha value is -0.660. The fourth-order valence-corrected chi connectivity index (χ4v) is 2.85. The second kappa shape index (κ2) is 3.38. The van der Waals surface area contributed by atoms with E-state index < -0.39 is 22.0 Å². The Kier molecular flexibility index (Phi) is 2.65. The molecule has 0 radical (unpaired) electrons. The van der Waals surface area contributed by atoms with Crippen LogP contribution in [0.4, 0.5) is 0 Å². The number of carbonyl (C=O) groups excluding carboxylic acids is 1. The van der Waals surface area contributed by atoms with Crippen molar-refractivity contribution in [3.05, 3.63) is 0 Å². The molecule has 0 aromatic carbocycles. The lowest BCUT2D eigenvalue weighted by Crippen LogP contribution is -2.46. The van der Waals surface area contributed by atoms with Gasteiger partial charge in [0.15, 0.2) is 9.84 Å². The molecule has 7 heteroatoms. The van der Waals surface area contributed by atoms with E-state index in [1.54, 1.807) is 0 Å². The summed E-state index contributed by atoms with van der Waals surface area (Å²) in [6.45, 7) is 0. The molecule has 1 amide bonds. The maximum Gasteiger partial charge on any atom is 0.221 e. The lowest BCUT2D eigenvalue weighted by molar-refractivity contribution is -0.110. The van der Waals surface area contributed by atoms with E-state index in [1.807, 2.05) is 0 Å². The first kappa shape index (κ1) is 9.43. The van der Waals surface area contributed by atoms with Crippen molar-refractivity contribution in [2.45, 2.75) is 12.1 Å². The van der Waals surface area contributed by atoms with Crippen LogP contribution in [0.3, 0.4) is 0 Å². The molecule has 0 spiro atoms. The van der Waals surface area contributed by atoms with E-state index in [9.17, 15) is 13.2 Å². The van der Waals surface area contributed by atoms with Gasteiger partial charge in [0.05, 0.1) is 23.7 Å². The molecule has 1 heterocycles. The van der Waals surface area contributed by atoms with Gasteiger partial charge in [-0.1, -0.05) is 0 Å². The highest BCUT2D eigenvalue weighted by atomic mass is 32.2. The number of hydrazine groups is 1. The molecule has 1 aliphatic heterocycles. The first-order valence-electron chi connectivity index (χ1n) is 3.38.